The second-order valence-corrected chi connectivity index (χ2v) is 9.40. The van der Waals surface area contributed by atoms with E-state index in [4.69, 9.17) is 16.3 Å². The van der Waals surface area contributed by atoms with Crippen LogP contribution in [0.5, 0.6) is 0 Å². The van der Waals surface area contributed by atoms with E-state index >= 15 is 0 Å². The molecule has 0 saturated carbocycles. The second-order valence-electron chi connectivity index (χ2n) is 8.01. The third kappa shape index (κ3) is 3.48. The summed E-state index contributed by atoms with van der Waals surface area (Å²) in [5.74, 6) is -0.886. The van der Waals surface area contributed by atoms with Gasteiger partial charge in [0, 0.05) is 17.1 Å². The largest absolute Gasteiger partial charge is 0.466 e. The van der Waals surface area contributed by atoms with Gasteiger partial charge in [-0.25, -0.2) is 9.79 Å². The second kappa shape index (κ2) is 8.79. The third-order valence-electron chi connectivity index (χ3n) is 6.06. The van der Waals surface area contributed by atoms with E-state index in [0.29, 0.717) is 44.5 Å². The number of nitrogens with zero attached hydrogens (tertiary/aromatic N) is 3. The Labute approximate surface area is 209 Å². The van der Waals surface area contributed by atoms with Crippen molar-refractivity contribution in [2.45, 2.75) is 13.0 Å². The maximum atomic E-state index is 14.0. The number of esters is 1. The molecule has 0 radical (unpaired) electrons. The first-order valence-corrected chi connectivity index (χ1v) is 12.0. The van der Waals surface area contributed by atoms with E-state index in [1.165, 1.54) is 11.7 Å². The Hall–Kier alpha value is -3.75. The molecule has 0 unspecified atom stereocenters. The van der Waals surface area contributed by atoms with Crippen molar-refractivity contribution in [1.29, 1.82) is 0 Å². The lowest BCUT2D eigenvalue weighted by atomic mass is 9.96. The van der Waals surface area contributed by atoms with Gasteiger partial charge in [0.15, 0.2) is 4.80 Å². The molecule has 35 heavy (non-hydrogen) atoms. The number of thiazole rings is 1. The van der Waals surface area contributed by atoms with Gasteiger partial charge in [-0.15, -0.1) is 6.58 Å². The molecule has 176 valence electrons. The Morgan fingerprint density at radius 2 is 1.91 bits per heavy atom. The highest BCUT2D eigenvalue weighted by Crippen LogP contribution is 2.36. The van der Waals surface area contributed by atoms with Crippen LogP contribution in [0.1, 0.15) is 24.1 Å². The van der Waals surface area contributed by atoms with E-state index in [1.807, 2.05) is 24.3 Å². The van der Waals surface area contributed by atoms with Gasteiger partial charge in [0.1, 0.15) is 10.6 Å². The summed E-state index contributed by atoms with van der Waals surface area (Å²) in [7, 11) is 1.28. The molecule has 0 spiro atoms. The molecule has 0 bridgehead atoms. The minimum absolute atomic E-state index is 0.219. The van der Waals surface area contributed by atoms with Gasteiger partial charge in [-0.05, 0) is 24.6 Å². The highest BCUT2D eigenvalue weighted by Gasteiger charge is 2.37. The van der Waals surface area contributed by atoms with E-state index in [-0.39, 0.29) is 16.0 Å². The number of carbonyl (C=O) groups excluding carboxylic acids is 2. The van der Waals surface area contributed by atoms with Crippen LogP contribution in [0.25, 0.3) is 5.57 Å². The number of methoxy groups -OCH3 is 1. The van der Waals surface area contributed by atoms with Crippen molar-refractivity contribution in [2.24, 2.45) is 4.99 Å². The van der Waals surface area contributed by atoms with Crippen LogP contribution in [0.15, 0.2) is 82.2 Å². The van der Waals surface area contributed by atoms with Crippen LogP contribution < -0.4 is 19.8 Å². The minimum Gasteiger partial charge on any atom is -0.466 e. The SMILES string of the molecule is C=CCN1C(=O)/C(=c2\sc3n(c2=O)[C@H](c2ccccc2Cl)C(C(=O)OC)=C(C)N=3)c2ccccc21. The molecule has 3 aromatic rings. The number of benzene rings is 2. The van der Waals surface area contributed by atoms with Crippen molar-refractivity contribution in [1.82, 2.24) is 4.57 Å². The quantitative estimate of drug-likeness (QED) is 0.403. The van der Waals surface area contributed by atoms with Gasteiger partial charge in [0.25, 0.3) is 11.5 Å². The summed E-state index contributed by atoms with van der Waals surface area (Å²) >= 11 is 7.64. The zero-order valence-corrected chi connectivity index (χ0v) is 20.5. The number of halogens is 1. The predicted octanol–water partition coefficient (Wildman–Crippen LogP) is 2.96. The Morgan fingerprint density at radius 3 is 2.63 bits per heavy atom. The van der Waals surface area contributed by atoms with E-state index in [1.54, 1.807) is 42.2 Å². The number of fused-ring (bicyclic) bond motifs is 2. The third-order valence-corrected chi connectivity index (χ3v) is 7.46. The summed E-state index contributed by atoms with van der Waals surface area (Å²) in [6.45, 7) is 5.75. The van der Waals surface area contributed by atoms with Crippen LogP contribution >= 0.6 is 22.9 Å². The normalized spacial score (nSPS) is 18.2. The van der Waals surface area contributed by atoms with Crippen LogP contribution in [-0.2, 0) is 14.3 Å². The maximum Gasteiger partial charge on any atom is 0.338 e. The van der Waals surface area contributed by atoms with Gasteiger partial charge in [-0.3, -0.25) is 14.2 Å². The van der Waals surface area contributed by atoms with Crippen LogP contribution in [0.4, 0.5) is 5.69 Å². The first-order valence-electron chi connectivity index (χ1n) is 10.8. The highest BCUT2D eigenvalue weighted by atomic mass is 35.5. The number of hydrogen-bond donors (Lipinski definition) is 0. The molecule has 1 aromatic heterocycles. The number of aromatic nitrogens is 1. The number of carbonyl (C=O) groups is 2. The maximum absolute atomic E-state index is 14.0. The Morgan fingerprint density at radius 1 is 1.20 bits per heavy atom. The predicted molar refractivity (Wildman–Crippen MR) is 135 cm³/mol. The zero-order valence-electron chi connectivity index (χ0n) is 18.9. The topological polar surface area (TPSA) is 81.0 Å². The fourth-order valence-electron chi connectivity index (χ4n) is 4.54. The van der Waals surface area contributed by atoms with Crippen LogP contribution in [-0.4, -0.2) is 30.1 Å². The summed E-state index contributed by atoms with van der Waals surface area (Å²) in [5, 5.41) is 0.395. The molecule has 0 fully saturated rings. The molecule has 0 N–H and O–H groups in total. The standard InChI is InChI=1S/C26H20ClN3O4S/c1-4-13-29-18-12-8-6-10-16(18)20(23(29)31)22-24(32)30-21(15-9-5-7-11-17(15)27)19(25(33)34-3)14(2)28-26(30)35-22/h4-12,21H,1,13H2,2-3H3/b22-20-/t21-/m1/s1. The first-order chi connectivity index (χ1) is 16.9. The summed E-state index contributed by atoms with van der Waals surface area (Å²) in [6.07, 6.45) is 1.64. The summed E-state index contributed by atoms with van der Waals surface area (Å²) in [6, 6.07) is 13.5. The molecule has 9 heteroatoms. The highest BCUT2D eigenvalue weighted by molar-refractivity contribution is 7.07. The van der Waals surface area contributed by atoms with E-state index in [0.717, 1.165) is 11.3 Å². The van der Waals surface area contributed by atoms with Crippen LogP contribution in [0.3, 0.4) is 0 Å². The Balaban J connectivity index is 1.86. The Kier molecular flexibility index (Phi) is 5.78. The average molecular weight is 506 g/mol. The summed E-state index contributed by atoms with van der Waals surface area (Å²) in [5.41, 5.74) is 2.47. The molecule has 2 aromatic carbocycles. The number of anilines is 1. The molecule has 5 rings (SSSR count). The van der Waals surface area contributed by atoms with Gasteiger partial charge in [-0.1, -0.05) is 65.4 Å². The van der Waals surface area contributed by atoms with Gasteiger partial charge in [-0.2, -0.15) is 0 Å². The number of amides is 1. The number of rotatable bonds is 4. The molecule has 0 aliphatic carbocycles. The van der Waals surface area contributed by atoms with E-state index < -0.39 is 17.6 Å². The number of allylic oxidation sites excluding steroid dienone is 1. The van der Waals surface area contributed by atoms with Gasteiger partial charge in [0.05, 0.1) is 29.6 Å². The van der Waals surface area contributed by atoms with Gasteiger partial charge >= 0.3 is 5.97 Å². The average Bonchev–Trinajstić information content (AvgIpc) is 3.31. The molecule has 0 saturated heterocycles. The molecule has 7 nitrogen and oxygen atoms in total. The molecule has 1 amide bonds. The van der Waals surface area contributed by atoms with Crippen molar-refractivity contribution in [2.75, 3.05) is 18.6 Å². The van der Waals surface area contributed by atoms with Crippen molar-refractivity contribution in [3.05, 3.63) is 108 Å². The molecule has 3 heterocycles. The Bertz CT molecular complexity index is 1630. The molecule has 2 aliphatic rings. The van der Waals surface area contributed by atoms with Crippen molar-refractivity contribution >= 4 is 46.1 Å². The zero-order chi connectivity index (χ0) is 24.9. The summed E-state index contributed by atoms with van der Waals surface area (Å²) in [4.78, 5) is 46.8. The number of hydrogen-bond acceptors (Lipinski definition) is 6. The number of ether oxygens (including phenoxy) is 1. The van der Waals surface area contributed by atoms with E-state index in [9.17, 15) is 14.4 Å². The van der Waals surface area contributed by atoms with Crippen molar-refractivity contribution in [3.8, 4) is 0 Å². The van der Waals surface area contributed by atoms with E-state index in [2.05, 4.69) is 11.6 Å². The van der Waals surface area contributed by atoms with Gasteiger partial charge < -0.3 is 9.64 Å². The monoisotopic (exact) mass is 505 g/mol. The minimum atomic E-state index is -0.849. The van der Waals surface area contributed by atoms with Crippen molar-refractivity contribution < 1.29 is 14.3 Å². The lowest BCUT2D eigenvalue weighted by Crippen LogP contribution is -2.41. The van der Waals surface area contributed by atoms with Crippen LogP contribution in [0, 0.1) is 0 Å². The lowest BCUT2D eigenvalue weighted by molar-refractivity contribution is -0.136. The van der Waals surface area contributed by atoms with Gasteiger partial charge in [0.2, 0.25) is 0 Å². The molecular weight excluding hydrogens is 486 g/mol. The first kappa shape index (κ1) is 23.0. The fourth-order valence-corrected chi connectivity index (χ4v) is 5.92. The molecule has 1 atom stereocenters. The lowest BCUT2D eigenvalue weighted by Gasteiger charge is -2.25. The smallest absolute Gasteiger partial charge is 0.338 e. The van der Waals surface area contributed by atoms with Crippen molar-refractivity contribution in [3.63, 3.8) is 0 Å². The molecule has 2 aliphatic heterocycles. The fraction of sp³-hybridized carbons (Fsp3) is 0.154. The summed E-state index contributed by atoms with van der Waals surface area (Å²) < 4.78 is 6.71. The number of para-hydroxylation sites is 1. The van der Waals surface area contributed by atoms with Crippen LogP contribution in [0.2, 0.25) is 5.02 Å². The molecular formula is C26H20ClN3O4S.